The second-order valence-corrected chi connectivity index (χ2v) is 37.0. The third-order valence-corrected chi connectivity index (χ3v) is 26.1. The molecule has 1 aliphatic rings. The number of nitrogens with two attached hydrogens (primary N) is 6. The van der Waals surface area contributed by atoms with Crippen LogP contribution in [-0.4, -0.2) is 248 Å². The van der Waals surface area contributed by atoms with E-state index in [1.165, 1.54) is 0 Å². The molecule has 12 atom stereocenters. The second kappa shape index (κ2) is 53.1. The summed E-state index contributed by atoms with van der Waals surface area (Å²) in [5.41, 5.74) is 41.4. The number of para-hydroxylation sites is 6. The van der Waals surface area contributed by atoms with Crippen molar-refractivity contribution in [2.45, 2.75) is 188 Å². The molecule has 0 saturated carbocycles. The number of hydrogen-bond acceptors (Lipinski definition) is 18. The number of hydrogen-bond donors (Lipinski definition) is 36. The minimum Gasteiger partial charge on any atom is -0.370 e. The number of nitrogens with one attached hydrogen (secondary N) is 30. The molecule has 0 unspecified atom stereocenters. The topological polar surface area (TPSA) is 815 Å². The Bertz CT molecular complexity index is 6590. The highest BCUT2D eigenvalue weighted by atomic mass is 16.2. The van der Waals surface area contributed by atoms with Crippen molar-refractivity contribution >= 4 is 172 Å². The number of fused-ring (bicyclic) bond motifs is 6. The fourth-order valence-corrected chi connectivity index (χ4v) is 18.4. The van der Waals surface area contributed by atoms with Crippen LogP contribution in [0.4, 0.5) is 0 Å². The Morgan fingerprint density at radius 2 is 0.313 bits per heavy atom. The number of rotatable bonds is 36. The van der Waals surface area contributed by atoms with Gasteiger partial charge in [0, 0.05) is 180 Å². The summed E-state index contributed by atoms with van der Waals surface area (Å²) in [7, 11) is 0. The quantitative estimate of drug-likeness (QED) is 0.0137. The number of carbonyl (C=O) groups excluding carboxylic acids is 12. The van der Waals surface area contributed by atoms with Gasteiger partial charge in [-0.1, -0.05) is 109 Å². The first kappa shape index (κ1) is 109. The smallest absolute Gasteiger partial charge is 0.243 e. The van der Waals surface area contributed by atoms with Crippen LogP contribution in [0.1, 0.15) is 110 Å². The second-order valence-electron chi connectivity index (χ2n) is 37.0. The van der Waals surface area contributed by atoms with Crippen LogP contribution in [-0.2, 0) is 96.1 Å². The molecule has 0 radical (unpaired) electrons. The lowest BCUT2D eigenvalue weighted by molar-refractivity contribution is -0.136. The monoisotopic (exact) mass is 2050 g/mol. The maximum absolute atomic E-state index is 16.5. The van der Waals surface area contributed by atoms with Crippen molar-refractivity contribution < 1.29 is 57.5 Å². The van der Waals surface area contributed by atoms with Gasteiger partial charge in [0.1, 0.15) is 72.5 Å². The summed E-state index contributed by atoms with van der Waals surface area (Å²) in [6.45, 7) is -0.303. The van der Waals surface area contributed by atoms with Crippen molar-refractivity contribution in [1.82, 2.24) is 126 Å². The van der Waals surface area contributed by atoms with Gasteiger partial charge in [0.05, 0.1) is 0 Å². The summed E-state index contributed by atoms with van der Waals surface area (Å²) >= 11 is 0. The molecule has 1 fully saturated rings. The highest BCUT2D eigenvalue weighted by Crippen LogP contribution is 2.28. The summed E-state index contributed by atoms with van der Waals surface area (Å²) in [5, 5.41) is 102. The van der Waals surface area contributed by atoms with Crippen LogP contribution >= 0.6 is 0 Å². The molecule has 48 nitrogen and oxygen atoms in total. The van der Waals surface area contributed by atoms with E-state index in [9.17, 15) is 0 Å². The Labute approximate surface area is 861 Å². The number of H-pyrrole nitrogens is 6. The Morgan fingerprint density at radius 3 is 0.447 bits per heavy atom. The molecule has 1 saturated heterocycles. The van der Waals surface area contributed by atoms with Gasteiger partial charge in [0.15, 0.2) is 35.8 Å². The third-order valence-electron chi connectivity index (χ3n) is 26.1. The van der Waals surface area contributed by atoms with Gasteiger partial charge in [0.2, 0.25) is 70.9 Å². The first-order valence-electron chi connectivity index (χ1n) is 49.7. The summed E-state index contributed by atoms with van der Waals surface area (Å²) < 4.78 is 0. The molecule has 6 aromatic carbocycles. The predicted octanol–water partition coefficient (Wildman–Crippen LogP) is -0.259. The van der Waals surface area contributed by atoms with Crippen LogP contribution < -0.4 is 130 Å². The van der Waals surface area contributed by atoms with E-state index in [0.29, 0.717) is 98.8 Å². The number of benzene rings is 6. The van der Waals surface area contributed by atoms with E-state index in [2.05, 4.69) is 126 Å². The normalized spacial score (nSPS) is 20.2. The van der Waals surface area contributed by atoms with E-state index >= 15 is 57.5 Å². The molecule has 0 bridgehead atoms. The Morgan fingerprint density at radius 1 is 0.193 bits per heavy atom. The van der Waals surface area contributed by atoms with Crippen LogP contribution in [0.5, 0.6) is 0 Å². The van der Waals surface area contributed by atoms with Gasteiger partial charge in [-0.3, -0.25) is 90.0 Å². The number of carbonyl (C=O) groups is 12. The molecule has 6 aromatic heterocycles. The zero-order chi connectivity index (χ0) is 107. The molecule has 48 heteroatoms. The maximum Gasteiger partial charge on any atom is 0.243 e. The van der Waals surface area contributed by atoms with Gasteiger partial charge in [0.25, 0.3) is 0 Å². The highest BCUT2D eigenvalue weighted by molar-refractivity contribution is 6.03. The van der Waals surface area contributed by atoms with Crippen molar-refractivity contribution in [2.75, 3.05) is 39.3 Å². The van der Waals surface area contributed by atoms with Crippen molar-refractivity contribution in [3.8, 4) is 0 Å². The van der Waals surface area contributed by atoms with Gasteiger partial charge in [-0.2, -0.15) is 0 Å². The SMILES string of the molecule is N=C(N)NCCC[C@@H]1NC(=O)[C@H](CCCNC(=N)N)NC(=O)[C@H](CCCNC(=N)N)NC(=O)[C@H](CCCNC(=N)N)NC(=O)[C@H](Cc2c[nH]c3ccccc23)NC(=O)[C@H](Cc2c[nH]c3ccccc23)NC(=O)[C@H](Cc2c[nH]c3ccccc23)NC(=O)[C@H](Cc2c[nH]c3ccccc23)NC(=O)[C@H](Cc2c[nH]c3ccccc23)NC(=O)[C@H](Cc2c[nH]c3ccccc23)NC(=O)[C@H](CCCNC(=N)N)NC(=O)[C@H](CCCNC(=N)N)NC1=O. The number of aromatic amines is 6. The number of aromatic nitrogens is 6. The van der Waals surface area contributed by atoms with E-state index in [0.717, 1.165) is 0 Å². The minimum atomic E-state index is -1.67. The molecule has 13 rings (SSSR count). The van der Waals surface area contributed by atoms with E-state index in [1.54, 1.807) is 146 Å². The Hall–Kier alpha value is -18.2. The standard InChI is InChI=1S/C102H132N36O12/c103-97(104)115-37-13-31-73-85(139)127-74(32-14-38-116-98(105)106)86(140)129-76(34-16-40-118-100(109)110)88(142)131-78(36-18-42-120-102(113)114)90(144)133-80(44-56-50-122-68-26-8-2-20-62(56)68)92(146)135-82(46-58-52-124-70-28-10-4-22-64(58)70)94(148)137-84(48-60-54-126-72-30-12-6-24-66(60)72)96(150)138-83(47-59-53-125-71-29-11-5-23-65(59)71)95(149)136-81(45-57-51-123-69-27-9-3-21-63(57)69)93(147)134-79(43-55-49-121-67-25-7-1-19-61(55)67)91(145)132-77(35-17-41-119-101(111)112)89(143)130-75(87(141)128-73)33-15-39-117-99(107)108/h1-12,19-30,49-54,73-84,121-126H,13-18,31-48H2,(H,127,139)(H,128,141)(H,129,140)(H,130,143)(H,131,142)(H,132,145)(H,133,144)(H,134,147)(H,135,146)(H,136,149)(H,137,148)(H,138,150)(H4,103,104,115)(H4,105,106,116)(H4,107,108,117)(H4,109,110,118)(H4,111,112,119)(H4,113,114,120)/t73-,74-,75-,76-,77-,78-,79-,80-,81-,82-,83-,84-/m0/s1. The summed E-state index contributed by atoms with van der Waals surface area (Å²) in [6.07, 6.45) is 6.52. The van der Waals surface area contributed by atoms with Crippen molar-refractivity contribution in [1.29, 1.82) is 32.5 Å². The van der Waals surface area contributed by atoms with E-state index < -0.39 is 179 Å². The van der Waals surface area contributed by atoms with Crippen molar-refractivity contribution in [3.63, 3.8) is 0 Å². The lowest BCUT2D eigenvalue weighted by Crippen LogP contribution is -2.62. The Kier molecular flexibility index (Phi) is 38.6. The van der Waals surface area contributed by atoms with Crippen LogP contribution in [0.3, 0.4) is 0 Å². The maximum atomic E-state index is 16.5. The van der Waals surface area contributed by atoms with Crippen LogP contribution in [0, 0.1) is 32.5 Å². The van der Waals surface area contributed by atoms with Crippen molar-refractivity contribution in [2.24, 2.45) is 34.4 Å². The van der Waals surface area contributed by atoms with E-state index in [-0.39, 0.29) is 155 Å². The van der Waals surface area contributed by atoms with Gasteiger partial charge in [-0.05, 0) is 147 Å². The number of amides is 12. The molecule has 1 aliphatic heterocycles. The molecule has 0 spiro atoms. The first-order valence-corrected chi connectivity index (χ1v) is 49.7. The van der Waals surface area contributed by atoms with Crippen LogP contribution in [0.15, 0.2) is 183 Å². The molecule has 7 heterocycles. The summed E-state index contributed by atoms with van der Waals surface area (Å²) in [5.74, 6) is -14.4. The van der Waals surface area contributed by atoms with Crippen molar-refractivity contribution in [3.05, 3.63) is 216 Å². The van der Waals surface area contributed by atoms with E-state index in [4.69, 9.17) is 66.9 Å². The molecule has 12 amide bonds. The molecular weight excluding hydrogens is 1920 g/mol. The molecule has 12 aromatic rings. The zero-order valence-electron chi connectivity index (χ0n) is 82.6. The molecular formula is C102H132N36O12. The lowest BCUT2D eigenvalue weighted by Gasteiger charge is -2.29. The van der Waals surface area contributed by atoms with E-state index in [1.807, 2.05) is 36.4 Å². The van der Waals surface area contributed by atoms with Gasteiger partial charge in [-0.15, -0.1) is 0 Å². The molecule has 0 aliphatic carbocycles. The lowest BCUT2D eigenvalue weighted by atomic mass is 9.99. The Balaban J connectivity index is 0.959. The van der Waals surface area contributed by atoms with Crippen LogP contribution in [0.25, 0.3) is 65.4 Å². The number of guanidine groups is 6. The molecule has 792 valence electrons. The average molecular weight is 2050 g/mol. The largest absolute Gasteiger partial charge is 0.370 e. The average Bonchev–Trinajstić information content (AvgIpc) is 1.67. The molecule has 42 N–H and O–H groups in total. The summed E-state index contributed by atoms with van der Waals surface area (Å²) in [6, 6.07) is 23.3. The first-order chi connectivity index (χ1) is 72.3. The van der Waals surface area contributed by atoms with Crippen LogP contribution in [0.2, 0.25) is 0 Å². The fraction of sp³-hybridized carbons (Fsp3) is 0.353. The minimum absolute atomic E-state index is 0.00211. The zero-order valence-corrected chi connectivity index (χ0v) is 82.6. The fourth-order valence-electron chi connectivity index (χ4n) is 18.4. The molecule has 150 heavy (non-hydrogen) atoms. The summed E-state index contributed by atoms with van der Waals surface area (Å²) in [4.78, 5) is 211. The third kappa shape index (κ3) is 31.0. The predicted molar refractivity (Wildman–Crippen MR) is 570 cm³/mol. The van der Waals surface area contributed by atoms with Gasteiger partial charge >= 0.3 is 0 Å². The highest BCUT2D eigenvalue weighted by Gasteiger charge is 2.41. The van der Waals surface area contributed by atoms with Gasteiger partial charge in [-0.25, -0.2) is 0 Å². The van der Waals surface area contributed by atoms with Gasteiger partial charge < -0.3 is 160 Å².